The Morgan fingerprint density at radius 2 is 1.96 bits per heavy atom. The third kappa shape index (κ3) is 4.36. The fourth-order valence-electron chi connectivity index (χ4n) is 3.03. The molecule has 0 aromatic carbocycles. The van der Waals surface area contributed by atoms with E-state index in [1.807, 2.05) is 6.92 Å². The topological polar surface area (TPSA) is 94.8 Å². The molecule has 144 valence electrons. The molecule has 26 heavy (non-hydrogen) atoms. The van der Waals surface area contributed by atoms with Crippen molar-refractivity contribution >= 4 is 12.0 Å². The predicted molar refractivity (Wildman–Crippen MR) is 85.0 cm³/mol. The van der Waals surface area contributed by atoms with Gasteiger partial charge in [0, 0.05) is 19.0 Å². The molecule has 0 saturated carbocycles. The summed E-state index contributed by atoms with van der Waals surface area (Å²) < 4.78 is 47.6. The van der Waals surface area contributed by atoms with Gasteiger partial charge in [0.05, 0.1) is 12.8 Å². The highest BCUT2D eigenvalue weighted by molar-refractivity contribution is 5.82. The number of aryl methyl sites for hydroxylation is 1. The molecule has 1 aliphatic heterocycles. The largest absolute Gasteiger partial charge is 0.478 e. The number of hydrogen-bond acceptors (Lipinski definition) is 5. The van der Waals surface area contributed by atoms with Gasteiger partial charge in [0.25, 0.3) is 5.88 Å². The fraction of sp³-hybridized carbons (Fsp3) is 0.562. The number of likely N-dealkylation sites (tertiary alicyclic amines) is 1. The van der Waals surface area contributed by atoms with E-state index >= 15 is 0 Å². The molecule has 2 heterocycles. The van der Waals surface area contributed by atoms with Crippen molar-refractivity contribution in [3.8, 4) is 11.6 Å². The van der Waals surface area contributed by atoms with Crippen molar-refractivity contribution < 1.29 is 32.2 Å². The van der Waals surface area contributed by atoms with Gasteiger partial charge in [-0.1, -0.05) is 6.92 Å². The van der Waals surface area contributed by atoms with Crippen molar-refractivity contribution in [3.63, 3.8) is 0 Å². The van der Waals surface area contributed by atoms with E-state index in [0.29, 0.717) is 25.0 Å². The molecule has 0 spiro atoms. The number of ether oxygens (including phenoxy) is 2. The molecule has 1 fully saturated rings. The molecule has 1 aliphatic rings. The van der Waals surface area contributed by atoms with Crippen molar-refractivity contribution in [2.24, 2.45) is 5.73 Å². The van der Waals surface area contributed by atoms with Gasteiger partial charge in [0.1, 0.15) is 0 Å². The summed E-state index contributed by atoms with van der Waals surface area (Å²) >= 11 is 0. The van der Waals surface area contributed by atoms with E-state index in [1.54, 1.807) is 6.07 Å². The number of nitrogens with two attached hydrogens (primary N) is 1. The summed E-state index contributed by atoms with van der Waals surface area (Å²) in [5, 5.41) is 0. The predicted octanol–water partition coefficient (Wildman–Crippen LogP) is 2.38. The minimum atomic E-state index is -4.86. The summed E-state index contributed by atoms with van der Waals surface area (Å²) in [5.41, 5.74) is 6.47. The van der Waals surface area contributed by atoms with Crippen LogP contribution in [0.2, 0.25) is 0 Å². The number of nitrogens with zero attached hydrogens (tertiary/aromatic N) is 2. The number of primary amides is 1. The van der Waals surface area contributed by atoms with Crippen LogP contribution in [-0.4, -0.2) is 48.3 Å². The van der Waals surface area contributed by atoms with Crippen LogP contribution in [-0.2, 0) is 11.2 Å². The Balaban J connectivity index is 2.21. The average molecular weight is 375 g/mol. The summed E-state index contributed by atoms with van der Waals surface area (Å²) in [5.74, 6) is -1.78. The van der Waals surface area contributed by atoms with Crippen LogP contribution < -0.4 is 15.2 Å². The number of rotatable bonds is 4. The highest BCUT2D eigenvalue weighted by Crippen LogP contribution is 2.36. The molecular weight excluding hydrogens is 355 g/mol. The molecule has 2 amide bonds. The lowest BCUT2D eigenvalue weighted by Gasteiger charge is -2.33. The minimum Gasteiger partial charge on any atom is -0.478 e. The van der Waals surface area contributed by atoms with Crippen LogP contribution in [0.4, 0.5) is 18.0 Å². The van der Waals surface area contributed by atoms with Crippen molar-refractivity contribution in [3.05, 3.63) is 17.3 Å². The molecule has 1 saturated heterocycles. The van der Waals surface area contributed by atoms with E-state index in [-0.39, 0.29) is 30.6 Å². The Kier molecular flexibility index (Phi) is 5.94. The molecule has 10 heteroatoms. The lowest BCUT2D eigenvalue weighted by molar-refractivity contribution is -0.186. The number of alkyl halides is 3. The zero-order valence-corrected chi connectivity index (χ0v) is 14.4. The molecule has 0 radical (unpaired) electrons. The molecule has 0 atom stereocenters. The SMILES string of the molecule is CCc1cc(OC(N)=O)c(OC)nc1C1CCN(C(=O)C(F)(F)F)CC1. The maximum Gasteiger partial charge on any atom is 0.471 e. The highest BCUT2D eigenvalue weighted by Gasteiger charge is 2.43. The summed E-state index contributed by atoms with van der Waals surface area (Å²) in [6.07, 6.45) is -4.60. The van der Waals surface area contributed by atoms with Gasteiger partial charge in [0.15, 0.2) is 5.75 Å². The number of halogens is 3. The zero-order valence-electron chi connectivity index (χ0n) is 14.4. The first-order chi connectivity index (χ1) is 12.2. The Labute approximate surface area is 148 Å². The minimum absolute atomic E-state index is 0.00427. The monoisotopic (exact) mass is 375 g/mol. The Bertz CT molecular complexity index is 686. The first-order valence-corrected chi connectivity index (χ1v) is 8.08. The standard InChI is InChI=1S/C16H20F3N3O4/c1-3-9-8-11(26-15(20)24)13(25-2)21-12(9)10-4-6-22(7-5-10)14(23)16(17,18)19/h8,10H,3-7H2,1-2H3,(H2,20,24). The van der Waals surface area contributed by atoms with Gasteiger partial charge in [-0.05, 0) is 30.9 Å². The van der Waals surface area contributed by atoms with E-state index in [0.717, 1.165) is 10.5 Å². The fourth-order valence-corrected chi connectivity index (χ4v) is 3.03. The molecule has 1 aromatic rings. The number of hydrogen-bond donors (Lipinski definition) is 1. The Morgan fingerprint density at radius 1 is 1.35 bits per heavy atom. The lowest BCUT2D eigenvalue weighted by Crippen LogP contribution is -2.45. The van der Waals surface area contributed by atoms with Gasteiger partial charge in [-0.3, -0.25) is 4.79 Å². The lowest BCUT2D eigenvalue weighted by atomic mass is 9.89. The molecule has 2 rings (SSSR count). The molecule has 0 aliphatic carbocycles. The van der Waals surface area contributed by atoms with Gasteiger partial charge in [0.2, 0.25) is 0 Å². The number of pyridine rings is 1. The molecule has 0 bridgehead atoms. The summed E-state index contributed by atoms with van der Waals surface area (Å²) in [6, 6.07) is 1.60. The zero-order chi connectivity index (χ0) is 19.5. The average Bonchev–Trinajstić information content (AvgIpc) is 2.59. The van der Waals surface area contributed by atoms with Crippen LogP contribution in [0.3, 0.4) is 0 Å². The third-order valence-electron chi connectivity index (χ3n) is 4.26. The first-order valence-electron chi connectivity index (χ1n) is 8.08. The highest BCUT2D eigenvalue weighted by atomic mass is 19.4. The van der Waals surface area contributed by atoms with Crippen LogP contribution in [0.15, 0.2) is 6.07 Å². The number of carbonyl (C=O) groups excluding carboxylic acids is 2. The molecule has 7 nitrogen and oxygen atoms in total. The van der Waals surface area contributed by atoms with E-state index in [9.17, 15) is 22.8 Å². The van der Waals surface area contributed by atoms with E-state index < -0.39 is 18.2 Å². The second-order valence-electron chi connectivity index (χ2n) is 5.88. The maximum atomic E-state index is 12.5. The van der Waals surface area contributed by atoms with Crippen molar-refractivity contribution in [2.45, 2.75) is 38.3 Å². The van der Waals surface area contributed by atoms with Crippen molar-refractivity contribution in [1.29, 1.82) is 0 Å². The van der Waals surface area contributed by atoms with Gasteiger partial charge in [-0.25, -0.2) is 9.78 Å². The first kappa shape index (κ1) is 19.8. The van der Waals surface area contributed by atoms with Gasteiger partial charge in [-0.2, -0.15) is 13.2 Å². The normalized spacial score (nSPS) is 15.7. The second-order valence-corrected chi connectivity index (χ2v) is 5.88. The van der Waals surface area contributed by atoms with Crippen molar-refractivity contribution in [2.75, 3.05) is 20.2 Å². The molecule has 2 N–H and O–H groups in total. The Morgan fingerprint density at radius 3 is 2.42 bits per heavy atom. The number of piperidine rings is 1. The van der Waals surface area contributed by atoms with Gasteiger partial charge >= 0.3 is 18.2 Å². The number of methoxy groups -OCH3 is 1. The Hall–Kier alpha value is -2.52. The second kappa shape index (κ2) is 7.79. The number of aromatic nitrogens is 1. The smallest absolute Gasteiger partial charge is 0.471 e. The van der Waals surface area contributed by atoms with Crippen LogP contribution >= 0.6 is 0 Å². The van der Waals surface area contributed by atoms with Crippen molar-refractivity contribution in [1.82, 2.24) is 9.88 Å². The summed E-state index contributed by atoms with van der Waals surface area (Å²) in [7, 11) is 1.36. The summed E-state index contributed by atoms with van der Waals surface area (Å²) in [4.78, 5) is 27.5. The van der Waals surface area contributed by atoms with Crippen LogP contribution in [0.5, 0.6) is 11.6 Å². The van der Waals surface area contributed by atoms with Crippen LogP contribution in [0.1, 0.15) is 36.9 Å². The molecule has 1 aromatic heterocycles. The number of carbonyl (C=O) groups is 2. The van der Waals surface area contributed by atoms with Gasteiger partial charge in [-0.15, -0.1) is 0 Å². The third-order valence-corrected chi connectivity index (χ3v) is 4.26. The molecular formula is C16H20F3N3O4. The number of amides is 2. The van der Waals surface area contributed by atoms with Crippen LogP contribution in [0.25, 0.3) is 0 Å². The quantitative estimate of drug-likeness (QED) is 0.872. The van der Waals surface area contributed by atoms with E-state index in [2.05, 4.69) is 4.98 Å². The summed E-state index contributed by atoms with van der Waals surface area (Å²) in [6.45, 7) is 1.87. The van der Waals surface area contributed by atoms with E-state index in [4.69, 9.17) is 15.2 Å². The molecule has 0 unspecified atom stereocenters. The van der Waals surface area contributed by atoms with E-state index in [1.165, 1.54) is 7.11 Å². The van der Waals surface area contributed by atoms with Crippen LogP contribution in [0, 0.1) is 0 Å². The maximum absolute atomic E-state index is 12.5. The van der Waals surface area contributed by atoms with Gasteiger partial charge < -0.3 is 20.1 Å².